The summed E-state index contributed by atoms with van der Waals surface area (Å²) in [5.74, 6) is 1.61. The number of carbonyl (C=O) groups excluding carboxylic acids is 1. The molecule has 0 bridgehead atoms. The molecule has 1 amide bonds. The highest BCUT2D eigenvalue weighted by atomic mass is 32.2. The van der Waals surface area contributed by atoms with Crippen molar-refractivity contribution in [1.29, 1.82) is 0 Å². The number of amides is 1. The Morgan fingerprint density at radius 2 is 2.18 bits per heavy atom. The zero-order valence-corrected chi connectivity index (χ0v) is 16.5. The summed E-state index contributed by atoms with van der Waals surface area (Å²) in [5, 5.41) is 14.1. The van der Waals surface area contributed by atoms with Gasteiger partial charge in [-0.3, -0.25) is 4.79 Å². The maximum atomic E-state index is 12.1. The molecule has 1 atom stereocenters. The summed E-state index contributed by atoms with van der Waals surface area (Å²) in [5.41, 5.74) is 4.76. The minimum atomic E-state index is -0.114. The number of anilines is 2. The molecule has 3 aromatic rings. The number of carbonyl (C=O) groups is 1. The van der Waals surface area contributed by atoms with Gasteiger partial charge >= 0.3 is 0 Å². The normalized spacial score (nSPS) is 12.2. The average Bonchev–Trinajstić information content (AvgIpc) is 3.38. The van der Waals surface area contributed by atoms with Crippen LogP contribution in [-0.4, -0.2) is 33.1 Å². The second-order valence-electron chi connectivity index (χ2n) is 6.12. The van der Waals surface area contributed by atoms with Crippen molar-refractivity contribution in [2.24, 2.45) is 5.10 Å². The summed E-state index contributed by atoms with van der Waals surface area (Å²) in [6.45, 7) is 4.35. The molecule has 2 aromatic heterocycles. The maximum Gasteiger partial charge on any atom is 0.240 e. The third-order valence-corrected chi connectivity index (χ3v) is 4.93. The molecule has 0 aliphatic heterocycles. The Morgan fingerprint density at radius 3 is 2.89 bits per heavy atom. The highest BCUT2D eigenvalue weighted by Crippen LogP contribution is 2.21. The molecule has 3 rings (SSSR count). The van der Waals surface area contributed by atoms with E-state index in [0.717, 1.165) is 12.1 Å². The lowest BCUT2D eigenvalue weighted by Gasteiger charge is -2.10. The van der Waals surface area contributed by atoms with Gasteiger partial charge in [0.15, 0.2) is 0 Å². The van der Waals surface area contributed by atoms with Crippen molar-refractivity contribution in [1.82, 2.24) is 15.2 Å². The summed E-state index contributed by atoms with van der Waals surface area (Å²) in [4.78, 5) is 16.3. The summed E-state index contributed by atoms with van der Waals surface area (Å²) < 4.78 is 5.13. The predicted octanol–water partition coefficient (Wildman–Crippen LogP) is 4.09. The number of aromatic amines is 1. The van der Waals surface area contributed by atoms with E-state index in [1.54, 1.807) is 18.4 Å². The Bertz CT molecular complexity index is 905. The highest BCUT2D eigenvalue weighted by molar-refractivity contribution is 7.99. The first-order chi connectivity index (χ1) is 13.6. The van der Waals surface area contributed by atoms with E-state index in [4.69, 9.17) is 4.42 Å². The summed E-state index contributed by atoms with van der Waals surface area (Å²) in [7, 11) is 0. The van der Waals surface area contributed by atoms with E-state index in [9.17, 15) is 4.79 Å². The smallest absolute Gasteiger partial charge is 0.240 e. The lowest BCUT2D eigenvalue weighted by molar-refractivity contribution is -0.113. The molecule has 9 heteroatoms. The number of benzene rings is 1. The van der Waals surface area contributed by atoms with Gasteiger partial charge in [-0.05, 0) is 42.2 Å². The van der Waals surface area contributed by atoms with Gasteiger partial charge in [-0.15, -0.1) is 5.10 Å². The Balaban J connectivity index is 1.44. The number of rotatable bonds is 9. The molecule has 0 radical (unpaired) electrons. The largest absolute Gasteiger partial charge is 0.463 e. The number of hydrazone groups is 1. The molecule has 1 aromatic carbocycles. The van der Waals surface area contributed by atoms with Crippen LogP contribution in [0.5, 0.6) is 0 Å². The van der Waals surface area contributed by atoms with Gasteiger partial charge in [-0.1, -0.05) is 37.7 Å². The minimum Gasteiger partial charge on any atom is -0.463 e. The monoisotopic (exact) mass is 398 g/mol. The van der Waals surface area contributed by atoms with Crippen molar-refractivity contribution >= 4 is 35.5 Å². The van der Waals surface area contributed by atoms with Crippen LogP contribution < -0.4 is 10.7 Å². The number of H-pyrrole nitrogens is 1. The van der Waals surface area contributed by atoms with E-state index < -0.39 is 0 Å². The van der Waals surface area contributed by atoms with Crippen molar-refractivity contribution in [3.63, 3.8) is 0 Å². The Labute approximate surface area is 167 Å². The number of aromatic nitrogens is 3. The number of thioether (sulfide) groups is 1. The van der Waals surface area contributed by atoms with Crippen molar-refractivity contribution in [2.45, 2.75) is 31.3 Å². The molecule has 0 aliphatic carbocycles. The predicted molar refractivity (Wildman–Crippen MR) is 111 cm³/mol. The van der Waals surface area contributed by atoms with Gasteiger partial charge in [0.1, 0.15) is 5.76 Å². The van der Waals surface area contributed by atoms with Crippen molar-refractivity contribution in [3.8, 4) is 0 Å². The molecule has 146 valence electrons. The number of furan rings is 1. The van der Waals surface area contributed by atoms with E-state index in [2.05, 4.69) is 44.9 Å². The van der Waals surface area contributed by atoms with E-state index in [1.807, 2.05) is 24.3 Å². The van der Waals surface area contributed by atoms with Crippen LogP contribution in [0.25, 0.3) is 0 Å². The van der Waals surface area contributed by atoms with Crippen LogP contribution in [0.3, 0.4) is 0 Å². The quantitative estimate of drug-likeness (QED) is 0.285. The average molecular weight is 398 g/mol. The fraction of sp³-hybridized carbons (Fsp3) is 0.263. The Hall–Kier alpha value is -3.07. The molecular weight excluding hydrogens is 376 g/mol. The first kappa shape index (κ1) is 19.7. The third-order valence-electron chi connectivity index (χ3n) is 4.08. The van der Waals surface area contributed by atoms with Gasteiger partial charge in [0, 0.05) is 5.69 Å². The van der Waals surface area contributed by atoms with E-state index >= 15 is 0 Å². The van der Waals surface area contributed by atoms with Gasteiger partial charge in [0.2, 0.25) is 17.0 Å². The Morgan fingerprint density at radius 1 is 1.36 bits per heavy atom. The molecule has 28 heavy (non-hydrogen) atoms. The molecule has 8 nitrogen and oxygen atoms in total. The first-order valence-corrected chi connectivity index (χ1v) is 9.90. The standard InChI is InChI=1S/C19H22N6O2S/c1-3-13(2)14-6-8-15(9-7-14)21-17(26)12-28-19-22-18(24-25-19)23-20-11-16-5-4-10-27-16/h4-11,13H,3,12H2,1-2H3,(H,21,26)(H2,22,23,24,25)/b20-11-/t13-/m0/s1. The fourth-order valence-corrected chi connectivity index (χ4v) is 2.94. The second kappa shape index (κ2) is 9.75. The van der Waals surface area contributed by atoms with E-state index in [1.165, 1.54) is 23.5 Å². The second-order valence-corrected chi connectivity index (χ2v) is 7.06. The SMILES string of the molecule is CC[C@H](C)c1ccc(NC(=O)CSc2n[nH]c(N/N=C\c3ccco3)n2)cc1. The fourth-order valence-electron chi connectivity index (χ4n) is 2.34. The van der Waals surface area contributed by atoms with Crippen LogP contribution in [0.4, 0.5) is 11.6 Å². The minimum absolute atomic E-state index is 0.114. The van der Waals surface area contributed by atoms with Gasteiger partial charge in [-0.2, -0.15) is 10.1 Å². The molecule has 0 spiro atoms. The van der Waals surface area contributed by atoms with Crippen molar-refractivity contribution < 1.29 is 9.21 Å². The van der Waals surface area contributed by atoms with Crippen LogP contribution in [-0.2, 0) is 4.79 Å². The Kier molecular flexibility index (Phi) is 6.85. The number of nitrogens with zero attached hydrogens (tertiary/aromatic N) is 3. The van der Waals surface area contributed by atoms with E-state index in [-0.39, 0.29) is 11.7 Å². The highest BCUT2D eigenvalue weighted by Gasteiger charge is 2.09. The topological polar surface area (TPSA) is 108 Å². The van der Waals surface area contributed by atoms with Crippen LogP contribution >= 0.6 is 11.8 Å². The van der Waals surface area contributed by atoms with Crippen LogP contribution in [0.15, 0.2) is 57.3 Å². The zero-order chi connectivity index (χ0) is 19.8. The molecular formula is C19H22N6O2S. The molecule has 0 saturated carbocycles. The lowest BCUT2D eigenvalue weighted by atomic mass is 9.99. The number of hydrogen-bond donors (Lipinski definition) is 3. The summed E-state index contributed by atoms with van der Waals surface area (Å²) in [6.07, 6.45) is 4.18. The number of nitrogens with one attached hydrogen (secondary N) is 3. The van der Waals surface area contributed by atoms with Crippen molar-refractivity contribution in [3.05, 3.63) is 54.0 Å². The first-order valence-electron chi connectivity index (χ1n) is 8.91. The summed E-state index contributed by atoms with van der Waals surface area (Å²) in [6, 6.07) is 11.5. The lowest BCUT2D eigenvalue weighted by Crippen LogP contribution is -2.14. The van der Waals surface area contributed by atoms with Gasteiger partial charge in [-0.25, -0.2) is 10.5 Å². The third kappa shape index (κ3) is 5.71. The van der Waals surface area contributed by atoms with Gasteiger partial charge in [0.25, 0.3) is 0 Å². The summed E-state index contributed by atoms with van der Waals surface area (Å²) >= 11 is 1.24. The van der Waals surface area contributed by atoms with Crippen LogP contribution in [0.2, 0.25) is 0 Å². The molecule has 0 fully saturated rings. The van der Waals surface area contributed by atoms with Crippen LogP contribution in [0.1, 0.15) is 37.5 Å². The molecule has 3 N–H and O–H groups in total. The van der Waals surface area contributed by atoms with Gasteiger partial charge in [0.05, 0.1) is 18.2 Å². The number of hydrogen-bond acceptors (Lipinski definition) is 7. The molecule has 0 unspecified atom stereocenters. The van der Waals surface area contributed by atoms with Crippen LogP contribution in [0, 0.1) is 0 Å². The molecule has 0 aliphatic rings. The van der Waals surface area contributed by atoms with Crippen molar-refractivity contribution in [2.75, 3.05) is 16.5 Å². The maximum absolute atomic E-state index is 12.1. The molecule has 2 heterocycles. The zero-order valence-electron chi connectivity index (χ0n) is 15.7. The molecule has 0 saturated heterocycles. The van der Waals surface area contributed by atoms with Gasteiger partial charge < -0.3 is 9.73 Å². The van der Waals surface area contributed by atoms with E-state index in [0.29, 0.717) is 22.8 Å².